The van der Waals surface area contributed by atoms with Crippen molar-refractivity contribution in [3.8, 4) is 0 Å². The summed E-state index contributed by atoms with van der Waals surface area (Å²) in [6.07, 6.45) is 1.75. The zero-order chi connectivity index (χ0) is 12.3. The normalized spacial score (nSPS) is 10.7. The topological polar surface area (TPSA) is 68.8 Å². The van der Waals surface area contributed by atoms with Gasteiger partial charge in [0.25, 0.3) is 0 Å². The van der Waals surface area contributed by atoms with Crippen molar-refractivity contribution in [3.63, 3.8) is 0 Å². The van der Waals surface area contributed by atoms with Crippen molar-refractivity contribution < 1.29 is 0 Å². The first kappa shape index (κ1) is 11.9. The Bertz CT molecular complexity index is 474. The van der Waals surface area contributed by atoms with E-state index in [1.54, 1.807) is 16.0 Å². The fourth-order valence-electron chi connectivity index (χ4n) is 1.74. The largest absolute Gasteiger partial charge is 0.394 e. The van der Waals surface area contributed by atoms with Crippen LogP contribution in [0, 0.1) is 0 Å². The molecule has 2 heterocycles. The molecular formula is C11H17N5S. The van der Waals surface area contributed by atoms with E-state index < -0.39 is 0 Å². The molecule has 0 atom stereocenters. The van der Waals surface area contributed by atoms with Crippen LogP contribution in [0.25, 0.3) is 0 Å². The van der Waals surface area contributed by atoms with Crippen LogP contribution < -0.4 is 11.1 Å². The van der Waals surface area contributed by atoms with E-state index in [4.69, 9.17) is 5.73 Å². The summed E-state index contributed by atoms with van der Waals surface area (Å²) < 4.78 is 1.80. The molecule has 0 radical (unpaired) electrons. The Morgan fingerprint density at radius 2 is 2.35 bits per heavy atom. The van der Waals surface area contributed by atoms with Gasteiger partial charge in [0.15, 0.2) is 0 Å². The molecule has 0 fully saturated rings. The number of nitrogen functional groups attached to an aromatic ring is 1. The lowest BCUT2D eigenvalue weighted by Crippen LogP contribution is -2.10. The Morgan fingerprint density at radius 3 is 2.94 bits per heavy atom. The third kappa shape index (κ3) is 2.58. The molecule has 92 valence electrons. The summed E-state index contributed by atoms with van der Waals surface area (Å²) in [6.45, 7) is 2.87. The molecule has 0 amide bonds. The summed E-state index contributed by atoms with van der Waals surface area (Å²) in [7, 11) is 1.90. The fourth-order valence-corrected chi connectivity index (χ4v) is 2.33. The van der Waals surface area contributed by atoms with Crippen molar-refractivity contribution in [3.05, 3.63) is 22.3 Å². The molecule has 0 spiro atoms. The second-order valence-corrected chi connectivity index (χ2v) is 4.56. The van der Waals surface area contributed by atoms with Gasteiger partial charge in [-0.3, -0.25) is 4.68 Å². The summed E-state index contributed by atoms with van der Waals surface area (Å²) in [6, 6.07) is 0. The SMILES string of the molecule is CCc1nn(C)c(NCCc2cscn2)c1N. The second-order valence-electron chi connectivity index (χ2n) is 3.84. The van der Waals surface area contributed by atoms with Gasteiger partial charge in [-0.25, -0.2) is 4.98 Å². The number of nitrogens with two attached hydrogens (primary N) is 1. The number of hydrogen-bond donors (Lipinski definition) is 2. The standard InChI is InChI=1S/C11H17N5S/c1-3-9-10(12)11(16(2)15-9)13-5-4-8-6-17-7-14-8/h6-7,13H,3-5,12H2,1-2H3. The van der Waals surface area contributed by atoms with Crippen LogP contribution in [0.1, 0.15) is 18.3 Å². The van der Waals surface area contributed by atoms with Crippen LogP contribution in [-0.2, 0) is 19.9 Å². The molecule has 0 aliphatic carbocycles. The molecule has 0 aromatic carbocycles. The number of anilines is 2. The lowest BCUT2D eigenvalue weighted by molar-refractivity contribution is 0.746. The van der Waals surface area contributed by atoms with Crippen LogP contribution in [0.2, 0.25) is 0 Å². The summed E-state index contributed by atoms with van der Waals surface area (Å²) in [5, 5.41) is 9.74. The average molecular weight is 251 g/mol. The zero-order valence-electron chi connectivity index (χ0n) is 10.1. The molecule has 3 N–H and O–H groups in total. The average Bonchev–Trinajstić information content (AvgIpc) is 2.91. The maximum Gasteiger partial charge on any atom is 0.147 e. The van der Waals surface area contributed by atoms with Crippen molar-refractivity contribution in [2.24, 2.45) is 7.05 Å². The highest BCUT2D eigenvalue weighted by molar-refractivity contribution is 7.07. The molecule has 0 saturated heterocycles. The van der Waals surface area contributed by atoms with Gasteiger partial charge in [-0.05, 0) is 6.42 Å². The quantitative estimate of drug-likeness (QED) is 0.848. The smallest absolute Gasteiger partial charge is 0.147 e. The minimum atomic E-state index is 0.758. The molecule has 0 saturated carbocycles. The molecule has 0 unspecified atom stereocenters. The first-order chi connectivity index (χ1) is 8.22. The molecule has 2 aromatic heterocycles. The lowest BCUT2D eigenvalue weighted by Gasteiger charge is -2.06. The van der Waals surface area contributed by atoms with Gasteiger partial charge in [0.2, 0.25) is 0 Å². The van der Waals surface area contributed by atoms with Gasteiger partial charge < -0.3 is 11.1 Å². The molecule has 6 heteroatoms. The summed E-state index contributed by atoms with van der Waals surface area (Å²) in [5.74, 6) is 0.900. The van der Waals surface area contributed by atoms with Crippen LogP contribution in [0.4, 0.5) is 11.5 Å². The molecule has 0 aliphatic rings. The molecular weight excluding hydrogens is 234 g/mol. The first-order valence-electron chi connectivity index (χ1n) is 5.64. The van der Waals surface area contributed by atoms with Gasteiger partial charge in [-0.1, -0.05) is 6.92 Å². The Morgan fingerprint density at radius 1 is 1.53 bits per heavy atom. The monoisotopic (exact) mass is 251 g/mol. The van der Waals surface area contributed by atoms with E-state index in [0.29, 0.717) is 0 Å². The van der Waals surface area contributed by atoms with Gasteiger partial charge in [0.05, 0.1) is 22.6 Å². The van der Waals surface area contributed by atoms with Gasteiger partial charge in [-0.2, -0.15) is 5.10 Å². The minimum absolute atomic E-state index is 0.758. The predicted molar refractivity (Wildman–Crippen MR) is 71.3 cm³/mol. The van der Waals surface area contributed by atoms with Crippen LogP contribution in [0.3, 0.4) is 0 Å². The Kier molecular flexibility index (Phi) is 3.63. The lowest BCUT2D eigenvalue weighted by atomic mass is 10.3. The van der Waals surface area contributed by atoms with Crippen molar-refractivity contribution in [1.29, 1.82) is 0 Å². The van der Waals surface area contributed by atoms with Gasteiger partial charge >= 0.3 is 0 Å². The van der Waals surface area contributed by atoms with Gasteiger partial charge in [0, 0.05) is 25.4 Å². The first-order valence-corrected chi connectivity index (χ1v) is 6.59. The van der Waals surface area contributed by atoms with Crippen LogP contribution in [0.5, 0.6) is 0 Å². The number of nitrogens with zero attached hydrogens (tertiary/aromatic N) is 3. The maximum absolute atomic E-state index is 6.01. The second kappa shape index (κ2) is 5.18. The van der Waals surface area contributed by atoms with Crippen molar-refractivity contribution in [1.82, 2.24) is 14.8 Å². The van der Waals surface area contributed by atoms with E-state index in [0.717, 1.165) is 42.3 Å². The number of aromatic nitrogens is 3. The Hall–Kier alpha value is -1.56. The number of aryl methyl sites for hydroxylation is 2. The zero-order valence-corrected chi connectivity index (χ0v) is 10.9. The third-order valence-electron chi connectivity index (χ3n) is 2.65. The number of thiazole rings is 1. The molecule has 0 aliphatic heterocycles. The van der Waals surface area contributed by atoms with Gasteiger partial charge in [0.1, 0.15) is 5.82 Å². The minimum Gasteiger partial charge on any atom is -0.394 e. The highest BCUT2D eigenvalue weighted by Crippen LogP contribution is 2.21. The molecule has 2 rings (SSSR count). The van der Waals surface area contributed by atoms with Gasteiger partial charge in [-0.15, -0.1) is 11.3 Å². The Labute approximate surface area is 105 Å². The van der Waals surface area contributed by atoms with Crippen molar-refractivity contribution >= 4 is 22.8 Å². The van der Waals surface area contributed by atoms with E-state index in [-0.39, 0.29) is 0 Å². The van der Waals surface area contributed by atoms with E-state index >= 15 is 0 Å². The van der Waals surface area contributed by atoms with E-state index in [9.17, 15) is 0 Å². The van der Waals surface area contributed by atoms with E-state index in [1.165, 1.54) is 0 Å². The van der Waals surface area contributed by atoms with Crippen LogP contribution in [0.15, 0.2) is 10.9 Å². The third-order valence-corrected chi connectivity index (χ3v) is 3.29. The fraction of sp³-hybridized carbons (Fsp3) is 0.455. The molecule has 5 nitrogen and oxygen atoms in total. The highest BCUT2D eigenvalue weighted by atomic mass is 32.1. The highest BCUT2D eigenvalue weighted by Gasteiger charge is 2.10. The molecule has 0 bridgehead atoms. The Balaban J connectivity index is 1.97. The van der Waals surface area contributed by atoms with Crippen molar-refractivity contribution in [2.45, 2.75) is 19.8 Å². The summed E-state index contributed by atoms with van der Waals surface area (Å²) >= 11 is 1.62. The van der Waals surface area contributed by atoms with Crippen molar-refractivity contribution in [2.75, 3.05) is 17.6 Å². The number of hydrogen-bond acceptors (Lipinski definition) is 5. The number of rotatable bonds is 5. The predicted octanol–water partition coefficient (Wildman–Crippen LogP) is 1.68. The summed E-state index contributed by atoms with van der Waals surface area (Å²) in [5.41, 5.74) is 10.7. The van der Waals surface area contributed by atoms with Crippen LogP contribution >= 0.6 is 11.3 Å². The summed E-state index contributed by atoms with van der Waals surface area (Å²) in [4.78, 5) is 4.24. The molecule has 2 aromatic rings. The number of nitrogens with one attached hydrogen (secondary N) is 1. The van der Waals surface area contributed by atoms with E-state index in [1.807, 2.05) is 12.6 Å². The maximum atomic E-state index is 6.01. The van der Waals surface area contributed by atoms with Crippen LogP contribution in [-0.4, -0.2) is 21.3 Å². The van der Waals surface area contributed by atoms with E-state index in [2.05, 4.69) is 27.7 Å². The molecule has 17 heavy (non-hydrogen) atoms.